The number of hydrogen-bond acceptors (Lipinski definition) is 6. The number of rotatable bonds is 8. The maximum Gasteiger partial charge on any atom is 0.271 e. The first kappa shape index (κ1) is 18.1. The molecule has 0 unspecified atom stereocenters. The van der Waals surface area contributed by atoms with E-state index >= 15 is 0 Å². The Morgan fingerprint density at radius 2 is 1.84 bits per heavy atom. The molecule has 0 radical (unpaired) electrons. The summed E-state index contributed by atoms with van der Waals surface area (Å²) in [5.41, 5.74) is 1.24. The van der Waals surface area contributed by atoms with Crippen LogP contribution in [0.3, 0.4) is 0 Å². The highest BCUT2D eigenvalue weighted by Crippen LogP contribution is 2.28. The Hall–Kier alpha value is -3.29. The Balaban J connectivity index is 1.90. The van der Waals surface area contributed by atoms with Gasteiger partial charge in [-0.15, -0.1) is 0 Å². The molecule has 0 aliphatic heterocycles. The Morgan fingerprint density at radius 1 is 1.12 bits per heavy atom. The number of nitro groups is 1. The lowest BCUT2D eigenvalue weighted by atomic mass is 10.2. The fraction of sp³-hybridized carbons (Fsp3) is 0.235. The summed E-state index contributed by atoms with van der Waals surface area (Å²) < 4.78 is 10.2. The van der Waals surface area contributed by atoms with E-state index in [0.29, 0.717) is 18.0 Å². The number of nitrogens with one attached hydrogen (secondary N) is 2. The van der Waals surface area contributed by atoms with Gasteiger partial charge in [0.15, 0.2) is 0 Å². The van der Waals surface area contributed by atoms with Crippen molar-refractivity contribution in [2.45, 2.75) is 6.54 Å². The van der Waals surface area contributed by atoms with Crippen LogP contribution in [0.4, 0.5) is 11.4 Å². The summed E-state index contributed by atoms with van der Waals surface area (Å²) >= 11 is 0. The molecule has 25 heavy (non-hydrogen) atoms. The molecule has 0 atom stereocenters. The molecule has 2 N–H and O–H groups in total. The van der Waals surface area contributed by atoms with Gasteiger partial charge in [0.2, 0.25) is 5.91 Å². The van der Waals surface area contributed by atoms with Crippen LogP contribution in [-0.2, 0) is 11.3 Å². The molecule has 0 aliphatic carbocycles. The summed E-state index contributed by atoms with van der Waals surface area (Å²) in [6.45, 7) is 0.338. The highest BCUT2D eigenvalue weighted by molar-refractivity contribution is 5.81. The monoisotopic (exact) mass is 345 g/mol. The van der Waals surface area contributed by atoms with Gasteiger partial charge in [0.05, 0.1) is 31.4 Å². The molecule has 8 heteroatoms. The summed E-state index contributed by atoms with van der Waals surface area (Å²) in [6.07, 6.45) is 0. The molecule has 132 valence electrons. The largest absolute Gasteiger partial charge is 0.497 e. The molecular formula is C17H19N3O5. The van der Waals surface area contributed by atoms with Crippen molar-refractivity contribution in [3.05, 3.63) is 58.1 Å². The second-order valence-corrected chi connectivity index (χ2v) is 5.12. The molecular weight excluding hydrogens is 326 g/mol. The van der Waals surface area contributed by atoms with Crippen LogP contribution < -0.4 is 20.1 Å². The Bertz CT molecular complexity index is 746. The summed E-state index contributed by atoms with van der Waals surface area (Å²) in [5, 5.41) is 16.5. The van der Waals surface area contributed by atoms with Crippen molar-refractivity contribution >= 4 is 17.3 Å². The van der Waals surface area contributed by atoms with Crippen LogP contribution in [-0.4, -0.2) is 31.6 Å². The number of anilines is 1. The second kappa shape index (κ2) is 8.53. The zero-order valence-corrected chi connectivity index (χ0v) is 13.9. The average molecular weight is 345 g/mol. The van der Waals surface area contributed by atoms with Gasteiger partial charge in [0, 0.05) is 18.7 Å². The average Bonchev–Trinajstić information content (AvgIpc) is 2.64. The van der Waals surface area contributed by atoms with Gasteiger partial charge in [0.1, 0.15) is 11.5 Å². The predicted molar refractivity (Wildman–Crippen MR) is 93.0 cm³/mol. The van der Waals surface area contributed by atoms with Crippen LogP contribution in [0.15, 0.2) is 42.5 Å². The Labute approximate surface area is 144 Å². The number of carbonyl (C=O) groups is 1. The molecule has 0 bridgehead atoms. The van der Waals surface area contributed by atoms with E-state index in [2.05, 4.69) is 10.6 Å². The van der Waals surface area contributed by atoms with Crippen molar-refractivity contribution in [3.8, 4) is 11.5 Å². The van der Waals surface area contributed by atoms with Crippen molar-refractivity contribution in [3.63, 3.8) is 0 Å². The van der Waals surface area contributed by atoms with Gasteiger partial charge >= 0.3 is 0 Å². The number of methoxy groups -OCH3 is 2. The minimum atomic E-state index is -0.506. The van der Waals surface area contributed by atoms with E-state index in [-0.39, 0.29) is 18.1 Å². The molecule has 0 fully saturated rings. The van der Waals surface area contributed by atoms with Crippen LogP contribution in [0.25, 0.3) is 0 Å². The first-order valence-corrected chi connectivity index (χ1v) is 7.49. The number of hydrogen-bond donors (Lipinski definition) is 2. The summed E-state index contributed by atoms with van der Waals surface area (Å²) in [6, 6.07) is 11.5. The SMILES string of the molecule is COc1ccc(CNC(=O)CNc2cc([N+](=O)[O-])ccc2OC)cc1. The van der Waals surface area contributed by atoms with E-state index in [0.717, 1.165) is 11.3 Å². The lowest BCUT2D eigenvalue weighted by Crippen LogP contribution is -2.29. The zero-order valence-electron chi connectivity index (χ0n) is 13.9. The molecule has 0 aliphatic rings. The van der Waals surface area contributed by atoms with E-state index < -0.39 is 4.92 Å². The number of carbonyl (C=O) groups excluding carboxylic acids is 1. The van der Waals surface area contributed by atoms with Crippen molar-refractivity contribution in [2.75, 3.05) is 26.1 Å². The quantitative estimate of drug-likeness (QED) is 0.562. The Morgan fingerprint density at radius 3 is 2.44 bits per heavy atom. The van der Waals surface area contributed by atoms with Crippen molar-refractivity contribution in [2.24, 2.45) is 0 Å². The van der Waals surface area contributed by atoms with Crippen molar-refractivity contribution in [1.82, 2.24) is 5.32 Å². The standard InChI is InChI=1S/C17H19N3O5/c1-24-14-6-3-12(4-7-14)10-19-17(21)11-18-15-9-13(20(22)23)5-8-16(15)25-2/h3-9,18H,10-11H2,1-2H3,(H,19,21). The van der Waals surface area contributed by atoms with Gasteiger partial charge in [-0.05, 0) is 23.8 Å². The van der Waals surface area contributed by atoms with Gasteiger partial charge in [-0.3, -0.25) is 14.9 Å². The van der Waals surface area contributed by atoms with E-state index in [4.69, 9.17) is 9.47 Å². The van der Waals surface area contributed by atoms with Crippen LogP contribution >= 0.6 is 0 Å². The minimum absolute atomic E-state index is 0.0340. The number of nitrogens with zero attached hydrogens (tertiary/aromatic N) is 1. The highest BCUT2D eigenvalue weighted by Gasteiger charge is 2.12. The van der Waals surface area contributed by atoms with Gasteiger partial charge in [-0.2, -0.15) is 0 Å². The van der Waals surface area contributed by atoms with Gasteiger partial charge in [-0.25, -0.2) is 0 Å². The number of non-ortho nitro benzene ring substituents is 1. The number of benzene rings is 2. The zero-order chi connectivity index (χ0) is 18.2. The van der Waals surface area contributed by atoms with Crippen LogP contribution in [0.2, 0.25) is 0 Å². The minimum Gasteiger partial charge on any atom is -0.497 e. The number of amides is 1. The molecule has 2 aromatic rings. The normalized spacial score (nSPS) is 10.0. The van der Waals surface area contributed by atoms with Crippen molar-refractivity contribution in [1.29, 1.82) is 0 Å². The molecule has 0 spiro atoms. The third kappa shape index (κ3) is 5.10. The van der Waals surface area contributed by atoms with Gasteiger partial charge in [0.25, 0.3) is 5.69 Å². The third-order valence-corrected chi connectivity index (χ3v) is 3.48. The molecule has 8 nitrogen and oxygen atoms in total. The van der Waals surface area contributed by atoms with Gasteiger partial charge in [-0.1, -0.05) is 12.1 Å². The maximum atomic E-state index is 12.0. The topological polar surface area (TPSA) is 103 Å². The molecule has 0 saturated heterocycles. The lowest BCUT2D eigenvalue weighted by Gasteiger charge is -2.11. The second-order valence-electron chi connectivity index (χ2n) is 5.12. The summed E-state index contributed by atoms with van der Waals surface area (Å²) in [4.78, 5) is 22.3. The fourth-order valence-corrected chi connectivity index (χ4v) is 2.13. The van der Waals surface area contributed by atoms with Crippen molar-refractivity contribution < 1.29 is 19.2 Å². The first-order chi connectivity index (χ1) is 12.0. The maximum absolute atomic E-state index is 12.0. The molecule has 0 heterocycles. The fourth-order valence-electron chi connectivity index (χ4n) is 2.13. The smallest absolute Gasteiger partial charge is 0.271 e. The van der Waals surface area contributed by atoms with Gasteiger partial charge < -0.3 is 20.1 Å². The van der Waals surface area contributed by atoms with Crippen LogP contribution in [0.5, 0.6) is 11.5 Å². The molecule has 0 aromatic heterocycles. The Kier molecular flexibility index (Phi) is 6.16. The van der Waals surface area contributed by atoms with E-state index in [1.807, 2.05) is 24.3 Å². The highest BCUT2D eigenvalue weighted by atomic mass is 16.6. The lowest BCUT2D eigenvalue weighted by molar-refractivity contribution is -0.384. The number of ether oxygens (including phenoxy) is 2. The summed E-state index contributed by atoms with van der Waals surface area (Å²) in [7, 11) is 3.04. The van der Waals surface area contributed by atoms with Crippen LogP contribution in [0, 0.1) is 10.1 Å². The summed E-state index contributed by atoms with van der Waals surface area (Å²) in [5.74, 6) is 0.924. The van der Waals surface area contributed by atoms with E-state index in [9.17, 15) is 14.9 Å². The predicted octanol–water partition coefficient (Wildman–Crippen LogP) is 2.34. The number of nitro benzene ring substituents is 1. The van der Waals surface area contributed by atoms with E-state index in [1.54, 1.807) is 7.11 Å². The molecule has 2 aromatic carbocycles. The van der Waals surface area contributed by atoms with Crippen LogP contribution in [0.1, 0.15) is 5.56 Å². The molecule has 0 saturated carbocycles. The third-order valence-electron chi connectivity index (χ3n) is 3.48. The molecule has 1 amide bonds. The van der Waals surface area contributed by atoms with E-state index in [1.165, 1.54) is 25.3 Å². The molecule has 2 rings (SSSR count). The first-order valence-electron chi connectivity index (χ1n) is 7.49.